The van der Waals surface area contributed by atoms with Crippen LogP contribution in [0.5, 0.6) is 5.75 Å². The van der Waals surface area contributed by atoms with Crippen LogP contribution in [0.3, 0.4) is 0 Å². The molecule has 3 N–H and O–H groups in total. The third-order valence-electron chi connectivity index (χ3n) is 2.54. The quantitative estimate of drug-likeness (QED) is 0.347. The molecule has 0 amide bonds. The summed E-state index contributed by atoms with van der Waals surface area (Å²) in [5, 5.41) is 11.6. The average molecular weight is 222 g/mol. The molecule has 16 heavy (non-hydrogen) atoms. The predicted octanol–water partition coefficient (Wildman–Crippen LogP) is 2.23. The highest BCUT2D eigenvalue weighted by Gasteiger charge is 2.23. The van der Waals surface area contributed by atoms with Crippen molar-refractivity contribution < 1.29 is 9.94 Å². The minimum Gasteiger partial charge on any atom is -0.494 e. The van der Waals surface area contributed by atoms with Crippen molar-refractivity contribution in [2.45, 2.75) is 20.3 Å². The number of nitrogens with zero attached hydrogens (tertiary/aromatic N) is 1. The van der Waals surface area contributed by atoms with Crippen molar-refractivity contribution in [3.8, 4) is 5.75 Å². The molecule has 4 heteroatoms. The van der Waals surface area contributed by atoms with Crippen LogP contribution in [-0.4, -0.2) is 17.6 Å². The van der Waals surface area contributed by atoms with E-state index in [9.17, 15) is 0 Å². The lowest BCUT2D eigenvalue weighted by atomic mass is 9.88. The Hall–Kier alpha value is -1.71. The molecule has 0 heterocycles. The number of hydrogen-bond acceptors (Lipinski definition) is 3. The van der Waals surface area contributed by atoms with Crippen molar-refractivity contribution in [3.05, 3.63) is 30.3 Å². The van der Waals surface area contributed by atoms with Gasteiger partial charge in [-0.2, -0.15) is 0 Å². The molecule has 0 radical (unpaired) electrons. The van der Waals surface area contributed by atoms with Crippen LogP contribution in [0.25, 0.3) is 0 Å². The molecule has 1 aromatic carbocycles. The van der Waals surface area contributed by atoms with Crippen LogP contribution >= 0.6 is 0 Å². The summed E-state index contributed by atoms with van der Waals surface area (Å²) < 4.78 is 5.54. The fourth-order valence-electron chi connectivity index (χ4n) is 1.20. The zero-order chi connectivity index (χ0) is 12.0. The first kappa shape index (κ1) is 12.4. The predicted molar refractivity (Wildman–Crippen MR) is 63.7 cm³/mol. The SMILES string of the molecule is CC(C)(CCOc1ccccc1)C(N)=NO. The van der Waals surface area contributed by atoms with E-state index in [1.54, 1.807) is 0 Å². The molecule has 0 saturated carbocycles. The van der Waals surface area contributed by atoms with Crippen LogP contribution in [0, 0.1) is 5.41 Å². The number of hydrogen-bond donors (Lipinski definition) is 2. The summed E-state index contributed by atoms with van der Waals surface area (Å²) in [6.45, 7) is 4.36. The molecule has 0 bridgehead atoms. The molecular weight excluding hydrogens is 204 g/mol. The van der Waals surface area contributed by atoms with Gasteiger partial charge in [0.2, 0.25) is 0 Å². The largest absolute Gasteiger partial charge is 0.494 e. The highest BCUT2D eigenvalue weighted by molar-refractivity contribution is 5.85. The minimum atomic E-state index is -0.358. The monoisotopic (exact) mass is 222 g/mol. The third-order valence-corrected chi connectivity index (χ3v) is 2.54. The topological polar surface area (TPSA) is 67.8 Å². The standard InChI is InChI=1S/C12H18N2O2/c1-12(2,11(13)14-15)8-9-16-10-6-4-3-5-7-10/h3-7,15H,8-9H2,1-2H3,(H2,13,14). The van der Waals surface area contributed by atoms with E-state index in [0.29, 0.717) is 13.0 Å². The van der Waals surface area contributed by atoms with Crippen molar-refractivity contribution >= 4 is 5.84 Å². The third kappa shape index (κ3) is 3.46. The number of nitrogens with two attached hydrogens (primary N) is 1. The zero-order valence-corrected chi connectivity index (χ0v) is 9.68. The van der Waals surface area contributed by atoms with E-state index in [4.69, 9.17) is 15.7 Å². The molecular formula is C12H18N2O2. The minimum absolute atomic E-state index is 0.226. The molecule has 0 aliphatic heterocycles. The Morgan fingerprint density at radius 3 is 2.56 bits per heavy atom. The van der Waals surface area contributed by atoms with Crippen molar-refractivity contribution in [2.75, 3.05) is 6.61 Å². The average Bonchev–Trinajstić information content (AvgIpc) is 2.29. The van der Waals surface area contributed by atoms with Crippen molar-refractivity contribution in [3.63, 3.8) is 0 Å². The number of para-hydroxylation sites is 1. The number of ether oxygens (including phenoxy) is 1. The fraction of sp³-hybridized carbons (Fsp3) is 0.417. The molecule has 0 saturated heterocycles. The van der Waals surface area contributed by atoms with Gasteiger partial charge in [-0.1, -0.05) is 37.2 Å². The first-order valence-electron chi connectivity index (χ1n) is 5.22. The van der Waals surface area contributed by atoms with Crippen molar-refractivity contribution in [1.29, 1.82) is 0 Å². The first-order valence-corrected chi connectivity index (χ1v) is 5.22. The van der Waals surface area contributed by atoms with Crippen molar-refractivity contribution in [1.82, 2.24) is 0 Å². The molecule has 0 unspecified atom stereocenters. The van der Waals surface area contributed by atoms with E-state index in [2.05, 4.69) is 5.16 Å². The van der Waals surface area contributed by atoms with Gasteiger partial charge in [-0.25, -0.2) is 0 Å². The second kappa shape index (κ2) is 5.39. The lowest BCUT2D eigenvalue weighted by molar-refractivity contribution is 0.259. The molecule has 4 nitrogen and oxygen atoms in total. The first-order chi connectivity index (χ1) is 7.56. The maximum Gasteiger partial charge on any atom is 0.144 e. The highest BCUT2D eigenvalue weighted by Crippen LogP contribution is 2.21. The van der Waals surface area contributed by atoms with E-state index in [1.165, 1.54) is 0 Å². The molecule has 0 aliphatic carbocycles. The van der Waals surface area contributed by atoms with Gasteiger partial charge in [-0.05, 0) is 18.6 Å². The van der Waals surface area contributed by atoms with Crippen molar-refractivity contribution in [2.24, 2.45) is 16.3 Å². The van der Waals surface area contributed by atoms with Crippen LogP contribution in [0.2, 0.25) is 0 Å². The van der Waals surface area contributed by atoms with Gasteiger partial charge in [0, 0.05) is 5.41 Å². The Bertz CT molecular complexity index is 347. The van der Waals surface area contributed by atoms with Gasteiger partial charge in [0.05, 0.1) is 6.61 Å². The molecule has 88 valence electrons. The molecule has 1 rings (SSSR count). The lowest BCUT2D eigenvalue weighted by Crippen LogP contribution is -2.33. The summed E-state index contributed by atoms with van der Waals surface area (Å²) in [4.78, 5) is 0. The van der Waals surface area contributed by atoms with Crippen LogP contribution in [0.4, 0.5) is 0 Å². The van der Waals surface area contributed by atoms with Gasteiger partial charge in [0.15, 0.2) is 0 Å². The second-order valence-electron chi connectivity index (χ2n) is 4.28. The highest BCUT2D eigenvalue weighted by atomic mass is 16.5. The number of amidine groups is 1. The Morgan fingerprint density at radius 2 is 2.00 bits per heavy atom. The second-order valence-corrected chi connectivity index (χ2v) is 4.28. The molecule has 0 spiro atoms. The Morgan fingerprint density at radius 1 is 1.38 bits per heavy atom. The Balaban J connectivity index is 2.42. The Labute approximate surface area is 95.7 Å². The molecule has 0 aromatic heterocycles. The lowest BCUT2D eigenvalue weighted by Gasteiger charge is -2.22. The zero-order valence-electron chi connectivity index (χ0n) is 9.68. The molecule has 0 atom stereocenters. The van der Waals surface area contributed by atoms with E-state index in [1.807, 2.05) is 44.2 Å². The van der Waals surface area contributed by atoms with Gasteiger partial charge in [0.1, 0.15) is 11.6 Å². The molecule has 1 aromatic rings. The smallest absolute Gasteiger partial charge is 0.144 e. The van der Waals surface area contributed by atoms with Crippen LogP contribution in [0.15, 0.2) is 35.5 Å². The van der Waals surface area contributed by atoms with Crippen LogP contribution in [-0.2, 0) is 0 Å². The Kier molecular flexibility index (Phi) is 4.17. The van der Waals surface area contributed by atoms with Crippen LogP contribution in [0.1, 0.15) is 20.3 Å². The van der Waals surface area contributed by atoms with E-state index in [0.717, 1.165) is 5.75 Å². The number of oxime groups is 1. The summed E-state index contributed by atoms with van der Waals surface area (Å²) in [5.74, 6) is 1.06. The van der Waals surface area contributed by atoms with Gasteiger partial charge in [-0.15, -0.1) is 0 Å². The van der Waals surface area contributed by atoms with E-state index in [-0.39, 0.29) is 11.3 Å². The maximum atomic E-state index is 8.61. The van der Waals surface area contributed by atoms with Gasteiger partial charge in [0.25, 0.3) is 0 Å². The van der Waals surface area contributed by atoms with Gasteiger partial charge < -0.3 is 15.7 Å². The van der Waals surface area contributed by atoms with E-state index < -0.39 is 0 Å². The molecule has 0 fully saturated rings. The summed E-state index contributed by atoms with van der Waals surface area (Å²) in [5.41, 5.74) is 5.22. The van der Waals surface area contributed by atoms with E-state index >= 15 is 0 Å². The summed E-state index contributed by atoms with van der Waals surface area (Å²) in [6, 6.07) is 9.58. The summed E-state index contributed by atoms with van der Waals surface area (Å²) in [7, 11) is 0. The summed E-state index contributed by atoms with van der Waals surface area (Å²) >= 11 is 0. The maximum absolute atomic E-state index is 8.61. The van der Waals surface area contributed by atoms with Crippen LogP contribution < -0.4 is 10.5 Å². The van der Waals surface area contributed by atoms with Gasteiger partial charge in [-0.3, -0.25) is 0 Å². The molecule has 0 aliphatic rings. The number of benzene rings is 1. The van der Waals surface area contributed by atoms with Gasteiger partial charge >= 0.3 is 0 Å². The normalized spacial score (nSPS) is 12.5. The fourth-order valence-corrected chi connectivity index (χ4v) is 1.20. The summed E-state index contributed by atoms with van der Waals surface area (Å²) in [6.07, 6.45) is 0.692. The number of rotatable bonds is 5.